The molecule has 1 N–H and O–H groups in total. The van der Waals surface area contributed by atoms with E-state index in [-0.39, 0.29) is 6.04 Å². The van der Waals surface area contributed by atoms with E-state index in [4.69, 9.17) is 9.47 Å². The number of sulfonamides is 1. The van der Waals surface area contributed by atoms with Gasteiger partial charge in [-0.15, -0.1) is 0 Å². The van der Waals surface area contributed by atoms with E-state index >= 15 is 0 Å². The van der Waals surface area contributed by atoms with Crippen molar-refractivity contribution >= 4 is 21.6 Å². The van der Waals surface area contributed by atoms with Crippen LogP contribution in [0.3, 0.4) is 0 Å². The third-order valence-electron chi connectivity index (χ3n) is 4.54. The minimum Gasteiger partial charge on any atom is -0.494 e. The number of hydrogen-bond acceptors (Lipinski definition) is 5. The molecule has 30 heavy (non-hydrogen) atoms. The number of nitrogens with zero attached hydrogens (tertiary/aromatic N) is 1. The van der Waals surface area contributed by atoms with Crippen LogP contribution in [0.5, 0.6) is 11.5 Å². The summed E-state index contributed by atoms with van der Waals surface area (Å²) in [5.41, 5.74) is 1.29. The quantitative estimate of drug-likeness (QED) is 0.618. The normalized spacial score (nSPS) is 13.2. The Morgan fingerprint density at radius 3 is 1.83 bits per heavy atom. The number of rotatable bonds is 10. The van der Waals surface area contributed by atoms with Gasteiger partial charge in [-0.05, 0) is 69.7 Å². The fourth-order valence-electron chi connectivity index (χ4n) is 3.10. The molecule has 0 radical (unpaired) electrons. The summed E-state index contributed by atoms with van der Waals surface area (Å²) in [5, 5.41) is 2.89. The molecule has 0 fully saturated rings. The Labute approximate surface area is 179 Å². The Morgan fingerprint density at radius 1 is 0.933 bits per heavy atom. The average Bonchev–Trinajstić information content (AvgIpc) is 2.69. The van der Waals surface area contributed by atoms with Crippen molar-refractivity contribution in [2.24, 2.45) is 0 Å². The highest BCUT2D eigenvalue weighted by molar-refractivity contribution is 7.92. The fraction of sp³-hybridized carbons (Fsp3) is 0.409. The Balaban J connectivity index is 2.16. The van der Waals surface area contributed by atoms with Gasteiger partial charge < -0.3 is 14.8 Å². The molecule has 2 aromatic carbocycles. The maximum absolute atomic E-state index is 12.9. The highest BCUT2D eigenvalue weighted by Gasteiger charge is 2.30. The molecular weight excluding hydrogens is 404 g/mol. The molecule has 0 aromatic heterocycles. The summed E-state index contributed by atoms with van der Waals surface area (Å²) in [7, 11) is -3.68. The van der Waals surface area contributed by atoms with Crippen molar-refractivity contribution in [3.63, 3.8) is 0 Å². The van der Waals surface area contributed by atoms with Crippen LogP contribution in [-0.4, -0.2) is 39.8 Å². The zero-order valence-corrected chi connectivity index (χ0v) is 18.9. The minimum atomic E-state index is -3.68. The van der Waals surface area contributed by atoms with E-state index in [2.05, 4.69) is 5.32 Å². The van der Waals surface area contributed by atoms with Gasteiger partial charge in [-0.3, -0.25) is 9.10 Å². The molecule has 2 aromatic rings. The van der Waals surface area contributed by atoms with E-state index in [0.29, 0.717) is 24.7 Å². The molecular formula is C22H30N2O5S. The Kier molecular flexibility index (Phi) is 8.11. The molecule has 0 aliphatic carbocycles. The van der Waals surface area contributed by atoms with E-state index in [1.54, 1.807) is 31.2 Å². The summed E-state index contributed by atoms with van der Waals surface area (Å²) < 4.78 is 36.8. The van der Waals surface area contributed by atoms with Gasteiger partial charge in [-0.1, -0.05) is 12.1 Å². The van der Waals surface area contributed by atoms with Crippen LogP contribution in [0, 0.1) is 0 Å². The van der Waals surface area contributed by atoms with Gasteiger partial charge in [0.2, 0.25) is 15.9 Å². The Bertz CT molecular complexity index is 927. The van der Waals surface area contributed by atoms with Crippen LogP contribution in [0.1, 0.15) is 39.3 Å². The summed E-state index contributed by atoms with van der Waals surface area (Å²) in [6.07, 6.45) is 1.09. The van der Waals surface area contributed by atoms with Crippen LogP contribution >= 0.6 is 0 Å². The maximum atomic E-state index is 12.9. The molecule has 0 saturated carbocycles. The molecule has 2 rings (SSSR count). The predicted octanol–water partition coefficient (Wildman–Crippen LogP) is 3.52. The number of carbonyl (C=O) groups excluding carboxylic acids is 1. The van der Waals surface area contributed by atoms with Gasteiger partial charge in [0.25, 0.3) is 0 Å². The second-order valence-electron chi connectivity index (χ2n) is 6.89. The molecule has 2 atom stereocenters. The average molecular weight is 435 g/mol. The number of benzene rings is 2. The topological polar surface area (TPSA) is 84.9 Å². The van der Waals surface area contributed by atoms with Crippen LogP contribution in [0.4, 0.5) is 5.69 Å². The monoisotopic (exact) mass is 434 g/mol. The fourth-order valence-corrected chi connectivity index (χ4v) is 4.28. The van der Waals surface area contributed by atoms with E-state index in [0.717, 1.165) is 21.9 Å². The summed E-state index contributed by atoms with van der Waals surface area (Å²) in [6.45, 7) is 8.29. The summed E-state index contributed by atoms with van der Waals surface area (Å²) in [5.74, 6) is 0.999. The third kappa shape index (κ3) is 6.13. The lowest BCUT2D eigenvalue weighted by Crippen LogP contribution is -2.48. The third-order valence-corrected chi connectivity index (χ3v) is 5.78. The number of ether oxygens (including phenoxy) is 2. The van der Waals surface area contributed by atoms with Crippen LogP contribution in [0.2, 0.25) is 0 Å². The largest absolute Gasteiger partial charge is 0.494 e. The molecule has 0 bridgehead atoms. The lowest BCUT2D eigenvalue weighted by Gasteiger charge is -2.29. The van der Waals surface area contributed by atoms with Crippen LogP contribution in [0.15, 0.2) is 48.5 Å². The highest BCUT2D eigenvalue weighted by atomic mass is 32.2. The van der Waals surface area contributed by atoms with Crippen LogP contribution in [0.25, 0.3) is 0 Å². The molecule has 7 nitrogen and oxygen atoms in total. The van der Waals surface area contributed by atoms with Gasteiger partial charge in [0.15, 0.2) is 0 Å². The summed E-state index contributed by atoms with van der Waals surface area (Å²) >= 11 is 0. The van der Waals surface area contributed by atoms with Crippen molar-refractivity contribution in [2.45, 2.75) is 39.8 Å². The lowest BCUT2D eigenvalue weighted by atomic mass is 10.1. The van der Waals surface area contributed by atoms with Gasteiger partial charge in [0.05, 0.1) is 31.2 Å². The van der Waals surface area contributed by atoms with Gasteiger partial charge in [-0.2, -0.15) is 0 Å². The molecule has 8 heteroatoms. The first-order valence-corrected chi connectivity index (χ1v) is 11.8. The number of anilines is 1. The molecule has 0 spiro atoms. The van der Waals surface area contributed by atoms with Gasteiger partial charge >= 0.3 is 0 Å². The first kappa shape index (κ1) is 23.5. The first-order chi connectivity index (χ1) is 14.2. The van der Waals surface area contributed by atoms with Crippen molar-refractivity contribution < 1.29 is 22.7 Å². The minimum absolute atomic E-state index is 0.294. The van der Waals surface area contributed by atoms with Crippen molar-refractivity contribution in [2.75, 3.05) is 23.8 Å². The zero-order chi connectivity index (χ0) is 22.3. The molecule has 0 unspecified atom stereocenters. The number of amides is 1. The van der Waals surface area contributed by atoms with Crippen molar-refractivity contribution in [1.82, 2.24) is 5.32 Å². The molecule has 164 valence electrons. The second-order valence-corrected chi connectivity index (χ2v) is 8.75. The first-order valence-electron chi connectivity index (χ1n) is 9.92. The lowest BCUT2D eigenvalue weighted by molar-refractivity contribution is -0.122. The summed E-state index contributed by atoms with van der Waals surface area (Å²) in [6, 6.07) is 12.8. The van der Waals surface area contributed by atoms with Crippen LogP contribution in [-0.2, 0) is 14.8 Å². The standard InChI is InChI=1S/C22H30N2O5S/c1-6-28-20-12-8-18(9-13-20)16(3)23-22(25)17(4)24(30(5,26)27)19-10-14-21(15-11-19)29-7-2/h8-17H,6-7H2,1-5H3,(H,23,25)/t16-,17+/m0/s1. The zero-order valence-electron chi connectivity index (χ0n) is 18.1. The summed E-state index contributed by atoms with van der Waals surface area (Å²) in [4.78, 5) is 12.9. The predicted molar refractivity (Wildman–Crippen MR) is 119 cm³/mol. The van der Waals surface area contributed by atoms with Crippen molar-refractivity contribution in [3.05, 3.63) is 54.1 Å². The van der Waals surface area contributed by atoms with E-state index in [1.165, 1.54) is 0 Å². The second kappa shape index (κ2) is 10.3. The SMILES string of the molecule is CCOc1ccc([C@H](C)NC(=O)[C@@H](C)N(c2ccc(OCC)cc2)S(C)(=O)=O)cc1. The number of hydrogen-bond donors (Lipinski definition) is 1. The maximum Gasteiger partial charge on any atom is 0.244 e. The van der Waals surface area contributed by atoms with Crippen LogP contribution < -0.4 is 19.1 Å². The smallest absolute Gasteiger partial charge is 0.244 e. The highest BCUT2D eigenvalue weighted by Crippen LogP contribution is 2.25. The molecule has 0 aliphatic rings. The van der Waals surface area contributed by atoms with E-state index < -0.39 is 22.0 Å². The Morgan fingerprint density at radius 2 is 1.40 bits per heavy atom. The molecule has 0 heterocycles. The van der Waals surface area contributed by atoms with Gasteiger partial charge in [0, 0.05) is 0 Å². The number of nitrogens with one attached hydrogen (secondary N) is 1. The van der Waals surface area contributed by atoms with Gasteiger partial charge in [-0.25, -0.2) is 8.42 Å². The molecule has 0 saturated heterocycles. The molecule has 0 aliphatic heterocycles. The van der Waals surface area contributed by atoms with E-state index in [9.17, 15) is 13.2 Å². The molecule has 1 amide bonds. The Hall–Kier alpha value is -2.74. The van der Waals surface area contributed by atoms with E-state index in [1.807, 2.05) is 45.0 Å². The number of carbonyl (C=O) groups is 1. The van der Waals surface area contributed by atoms with Crippen molar-refractivity contribution in [3.8, 4) is 11.5 Å². The van der Waals surface area contributed by atoms with Crippen molar-refractivity contribution in [1.29, 1.82) is 0 Å². The van der Waals surface area contributed by atoms with Gasteiger partial charge in [0.1, 0.15) is 17.5 Å².